The molecular weight excluding hydrogens is 655 g/mol. The van der Waals surface area contributed by atoms with Crippen molar-refractivity contribution < 1.29 is 4.42 Å². The van der Waals surface area contributed by atoms with Crippen LogP contribution in [0.1, 0.15) is 47.2 Å². The second kappa shape index (κ2) is 11.2. The summed E-state index contributed by atoms with van der Waals surface area (Å²) >= 11 is 0. The van der Waals surface area contributed by atoms with Crippen LogP contribution in [0.25, 0.3) is 49.8 Å². The maximum absolute atomic E-state index is 6.91. The Balaban J connectivity index is 1.31. The fourth-order valence-corrected chi connectivity index (χ4v) is 10.0. The SMILES string of the molecule is C=C/C=C\C1=C(N(c2ccc3c(c2)C(C)(C)c2ccccc2-3)c2cccc3c2oc2ccccc23)C2(c3ccccc31)c1ccccc1-c1ccccc12. The highest BCUT2D eigenvalue weighted by Crippen LogP contribution is 2.64. The first-order valence-electron chi connectivity index (χ1n) is 18.8. The molecule has 0 N–H and O–H groups in total. The zero-order valence-electron chi connectivity index (χ0n) is 30.3. The molecule has 0 fully saturated rings. The number of fused-ring (bicyclic) bond motifs is 13. The lowest BCUT2D eigenvalue weighted by Crippen LogP contribution is -2.36. The highest BCUT2D eigenvalue weighted by atomic mass is 16.3. The van der Waals surface area contributed by atoms with Gasteiger partial charge in [-0.2, -0.15) is 0 Å². The van der Waals surface area contributed by atoms with Gasteiger partial charge in [0.25, 0.3) is 0 Å². The van der Waals surface area contributed by atoms with Gasteiger partial charge in [0.1, 0.15) is 5.58 Å². The van der Waals surface area contributed by atoms with Gasteiger partial charge < -0.3 is 9.32 Å². The molecule has 2 nitrogen and oxygen atoms in total. The van der Waals surface area contributed by atoms with Crippen LogP contribution in [0.5, 0.6) is 0 Å². The molecule has 0 atom stereocenters. The predicted molar refractivity (Wildman–Crippen MR) is 224 cm³/mol. The fourth-order valence-electron chi connectivity index (χ4n) is 10.0. The van der Waals surface area contributed by atoms with Crippen LogP contribution in [0.4, 0.5) is 11.4 Å². The van der Waals surface area contributed by atoms with Gasteiger partial charge >= 0.3 is 0 Å². The summed E-state index contributed by atoms with van der Waals surface area (Å²) in [4.78, 5) is 2.53. The number of hydrogen-bond acceptors (Lipinski definition) is 2. The highest BCUT2D eigenvalue weighted by molar-refractivity contribution is 6.11. The van der Waals surface area contributed by atoms with E-state index in [1.54, 1.807) is 0 Å². The Morgan fingerprint density at radius 3 is 1.80 bits per heavy atom. The van der Waals surface area contributed by atoms with Gasteiger partial charge in [0.2, 0.25) is 0 Å². The number of nitrogens with zero attached hydrogens (tertiary/aromatic N) is 1. The van der Waals surface area contributed by atoms with Gasteiger partial charge in [-0.05, 0) is 79.9 Å². The maximum atomic E-state index is 6.91. The molecule has 256 valence electrons. The monoisotopic (exact) mass is 691 g/mol. The van der Waals surface area contributed by atoms with Gasteiger partial charge in [0, 0.05) is 27.4 Å². The Hall–Kier alpha value is -6.64. The molecule has 0 radical (unpaired) electrons. The van der Waals surface area contributed by atoms with E-state index in [1.807, 2.05) is 6.08 Å². The first kappa shape index (κ1) is 30.9. The quantitative estimate of drug-likeness (QED) is 0.167. The number of rotatable bonds is 5. The summed E-state index contributed by atoms with van der Waals surface area (Å²) in [5.41, 5.74) is 18.3. The van der Waals surface area contributed by atoms with E-state index in [2.05, 4.69) is 195 Å². The van der Waals surface area contributed by atoms with Crippen molar-refractivity contribution in [3.05, 3.63) is 222 Å². The Kier molecular flexibility index (Phi) is 6.41. The Labute approximate surface area is 315 Å². The average molecular weight is 692 g/mol. The van der Waals surface area contributed by atoms with E-state index in [-0.39, 0.29) is 5.41 Å². The lowest BCUT2D eigenvalue weighted by Gasteiger charge is -2.40. The summed E-state index contributed by atoms with van der Waals surface area (Å²) in [7, 11) is 0. The summed E-state index contributed by atoms with van der Waals surface area (Å²) in [6, 6.07) is 58.0. The van der Waals surface area contributed by atoms with Gasteiger partial charge in [-0.15, -0.1) is 0 Å². The minimum Gasteiger partial charge on any atom is -0.454 e. The lowest BCUT2D eigenvalue weighted by molar-refractivity contribution is 0.659. The van der Waals surface area contributed by atoms with Crippen molar-refractivity contribution in [2.75, 3.05) is 4.90 Å². The van der Waals surface area contributed by atoms with Crippen molar-refractivity contribution >= 4 is 38.9 Å². The first-order valence-corrected chi connectivity index (χ1v) is 18.8. The molecule has 0 amide bonds. The average Bonchev–Trinajstić information content (AvgIpc) is 3.90. The summed E-state index contributed by atoms with van der Waals surface area (Å²) in [6.45, 7) is 8.85. The molecule has 3 aliphatic rings. The molecule has 11 rings (SSSR count). The van der Waals surface area contributed by atoms with Crippen LogP contribution in [-0.2, 0) is 10.8 Å². The standard InChI is InChI=1S/C52H37NO/c1-4-5-17-41-37-21-9-14-27-45(37)52(43-25-12-7-19-35(43)36-20-8-13-26-44(36)52)50(41)53(47-28-16-23-40-39-22-10-15-29-48(39)54-49(40)47)33-30-31-38-34-18-6-11-24-42(34)51(2,3)46(38)32-33/h4-32H,1H2,2-3H3/b17-5-. The summed E-state index contributed by atoms with van der Waals surface area (Å²) in [5.74, 6) is 0. The molecule has 0 saturated carbocycles. The van der Waals surface area contributed by atoms with Gasteiger partial charge in [-0.25, -0.2) is 0 Å². The minimum atomic E-state index is -0.629. The molecule has 8 aromatic rings. The molecule has 1 aromatic heterocycles. The third kappa shape index (κ3) is 3.90. The van der Waals surface area contributed by atoms with E-state index >= 15 is 0 Å². The van der Waals surface area contributed by atoms with E-state index in [1.165, 1.54) is 61.3 Å². The summed E-state index contributed by atoms with van der Waals surface area (Å²) in [5, 5.41) is 2.21. The molecule has 1 spiro atoms. The molecule has 7 aromatic carbocycles. The predicted octanol–water partition coefficient (Wildman–Crippen LogP) is 13.5. The van der Waals surface area contributed by atoms with Crippen molar-refractivity contribution in [1.29, 1.82) is 0 Å². The number of benzene rings is 7. The molecule has 0 unspecified atom stereocenters. The zero-order chi connectivity index (χ0) is 36.2. The third-order valence-electron chi connectivity index (χ3n) is 12.3. The third-order valence-corrected chi connectivity index (χ3v) is 12.3. The summed E-state index contributed by atoms with van der Waals surface area (Å²) in [6.07, 6.45) is 6.23. The van der Waals surface area contributed by atoms with Crippen LogP contribution in [-0.4, -0.2) is 0 Å². The number of anilines is 2. The number of allylic oxidation sites excluding steroid dienone is 5. The molecule has 0 bridgehead atoms. The van der Waals surface area contributed by atoms with E-state index in [4.69, 9.17) is 4.42 Å². The number of para-hydroxylation sites is 2. The van der Waals surface area contributed by atoms with E-state index in [9.17, 15) is 0 Å². The van der Waals surface area contributed by atoms with Crippen LogP contribution in [0.2, 0.25) is 0 Å². The van der Waals surface area contributed by atoms with E-state index in [0.29, 0.717) is 0 Å². The van der Waals surface area contributed by atoms with Crippen LogP contribution >= 0.6 is 0 Å². The largest absolute Gasteiger partial charge is 0.454 e. The normalized spacial score (nSPS) is 15.4. The first-order chi connectivity index (χ1) is 26.5. The molecule has 0 saturated heterocycles. The van der Waals surface area contributed by atoms with E-state index in [0.717, 1.165) is 38.9 Å². The maximum Gasteiger partial charge on any atom is 0.159 e. The van der Waals surface area contributed by atoms with Crippen LogP contribution in [0.3, 0.4) is 0 Å². The van der Waals surface area contributed by atoms with Gasteiger partial charge in [-0.1, -0.05) is 172 Å². The molecule has 3 aliphatic carbocycles. The number of furan rings is 1. The Morgan fingerprint density at radius 2 is 1.09 bits per heavy atom. The van der Waals surface area contributed by atoms with Gasteiger partial charge in [0.15, 0.2) is 5.58 Å². The lowest BCUT2D eigenvalue weighted by atomic mass is 9.71. The van der Waals surface area contributed by atoms with Gasteiger partial charge in [-0.3, -0.25) is 0 Å². The summed E-state index contributed by atoms with van der Waals surface area (Å²) < 4.78 is 6.91. The van der Waals surface area contributed by atoms with Crippen molar-refractivity contribution in [2.45, 2.75) is 24.7 Å². The molecule has 1 heterocycles. The van der Waals surface area contributed by atoms with Crippen LogP contribution in [0.15, 0.2) is 193 Å². The highest BCUT2D eigenvalue weighted by Gasteiger charge is 2.55. The Morgan fingerprint density at radius 1 is 0.537 bits per heavy atom. The van der Waals surface area contributed by atoms with Crippen LogP contribution < -0.4 is 4.90 Å². The second-order valence-electron chi connectivity index (χ2n) is 15.2. The van der Waals surface area contributed by atoms with E-state index < -0.39 is 5.41 Å². The second-order valence-corrected chi connectivity index (χ2v) is 15.2. The zero-order valence-corrected chi connectivity index (χ0v) is 30.3. The smallest absolute Gasteiger partial charge is 0.159 e. The van der Waals surface area contributed by atoms with Crippen LogP contribution in [0, 0.1) is 0 Å². The van der Waals surface area contributed by atoms with Crippen molar-refractivity contribution in [3.63, 3.8) is 0 Å². The molecule has 2 heteroatoms. The van der Waals surface area contributed by atoms with Crippen molar-refractivity contribution in [3.8, 4) is 22.3 Å². The topological polar surface area (TPSA) is 16.4 Å². The van der Waals surface area contributed by atoms with Gasteiger partial charge in [0.05, 0.1) is 16.8 Å². The molecule has 0 aliphatic heterocycles. The fraction of sp³-hybridized carbons (Fsp3) is 0.0769. The van der Waals surface area contributed by atoms with Crippen molar-refractivity contribution in [2.24, 2.45) is 0 Å². The Bertz CT molecular complexity index is 2900. The molecular formula is C52H37NO. The minimum absolute atomic E-state index is 0.179. The van der Waals surface area contributed by atoms with Crippen molar-refractivity contribution in [1.82, 2.24) is 0 Å². The number of hydrogen-bond donors (Lipinski definition) is 0. The molecule has 54 heavy (non-hydrogen) atoms.